The minimum atomic E-state index is 0.888. The monoisotopic (exact) mass is 637 g/mol. The minimum absolute atomic E-state index is 0.888. The summed E-state index contributed by atoms with van der Waals surface area (Å²) < 4.78 is 6.25. The van der Waals surface area contributed by atoms with Crippen LogP contribution in [0.15, 0.2) is 192 Å². The van der Waals surface area contributed by atoms with Crippen molar-refractivity contribution in [2.45, 2.75) is 0 Å². The molecule has 10 aromatic rings. The molecule has 0 aliphatic carbocycles. The lowest BCUT2D eigenvalue weighted by atomic mass is 9.91. The maximum Gasteiger partial charge on any atom is 0.135 e. The lowest BCUT2D eigenvalue weighted by Crippen LogP contribution is -2.10. The smallest absolute Gasteiger partial charge is 0.135 e. The van der Waals surface area contributed by atoms with Crippen molar-refractivity contribution in [3.63, 3.8) is 0 Å². The first-order valence-corrected chi connectivity index (χ1v) is 17.1. The molecule has 0 radical (unpaired) electrons. The van der Waals surface area contributed by atoms with E-state index in [0.717, 1.165) is 39.0 Å². The quantitative estimate of drug-likeness (QED) is 0.175. The van der Waals surface area contributed by atoms with E-state index in [-0.39, 0.29) is 0 Å². The van der Waals surface area contributed by atoms with Gasteiger partial charge in [-0.25, -0.2) is 0 Å². The molecule has 2 nitrogen and oxygen atoms in total. The molecule has 0 atom stereocenters. The van der Waals surface area contributed by atoms with E-state index in [2.05, 4.69) is 181 Å². The van der Waals surface area contributed by atoms with Crippen molar-refractivity contribution in [3.05, 3.63) is 188 Å². The zero-order valence-electron chi connectivity index (χ0n) is 27.3. The second kappa shape index (κ2) is 11.5. The number of nitrogens with zero attached hydrogens (tertiary/aromatic N) is 1. The highest BCUT2D eigenvalue weighted by Crippen LogP contribution is 2.44. The van der Waals surface area contributed by atoms with E-state index in [1.165, 1.54) is 54.6 Å². The van der Waals surface area contributed by atoms with Crippen LogP contribution in [-0.4, -0.2) is 0 Å². The molecule has 50 heavy (non-hydrogen) atoms. The van der Waals surface area contributed by atoms with Crippen molar-refractivity contribution in [3.8, 4) is 22.3 Å². The Bertz CT molecular complexity index is 2870. The zero-order chi connectivity index (χ0) is 33.0. The fourth-order valence-corrected chi connectivity index (χ4v) is 7.72. The van der Waals surface area contributed by atoms with Gasteiger partial charge in [0.2, 0.25) is 0 Å². The summed E-state index contributed by atoms with van der Waals surface area (Å²) in [4.78, 5) is 2.40. The van der Waals surface area contributed by atoms with Crippen LogP contribution in [0.1, 0.15) is 0 Å². The van der Waals surface area contributed by atoms with Crippen molar-refractivity contribution < 1.29 is 4.42 Å². The summed E-state index contributed by atoms with van der Waals surface area (Å²) in [6.07, 6.45) is 0. The predicted octanol–water partition coefficient (Wildman–Crippen LogP) is 13.8. The van der Waals surface area contributed by atoms with Gasteiger partial charge in [-0.15, -0.1) is 0 Å². The van der Waals surface area contributed by atoms with Gasteiger partial charge < -0.3 is 9.32 Å². The number of rotatable bonds is 5. The Morgan fingerprint density at radius 3 is 1.74 bits per heavy atom. The fourth-order valence-electron chi connectivity index (χ4n) is 7.72. The van der Waals surface area contributed by atoms with Gasteiger partial charge in [-0.3, -0.25) is 0 Å². The van der Waals surface area contributed by atoms with Crippen LogP contribution in [0.25, 0.3) is 76.5 Å². The van der Waals surface area contributed by atoms with Crippen LogP contribution >= 0.6 is 0 Å². The maximum absolute atomic E-state index is 6.25. The number of anilines is 3. The van der Waals surface area contributed by atoms with Gasteiger partial charge in [0.25, 0.3) is 0 Å². The number of benzene rings is 9. The van der Waals surface area contributed by atoms with Crippen LogP contribution in [0.2, 0.25) is 0 Å². The third-order valence-corrected chi connectivity index (χ3v) is 10.0. The molecular formula is C48H31NO. The lowest BCUT2D eigenvalue weighted by Gasteiger charge is -2.28. The molecular weight excluding hydrogens is 607 g/mol. The third kappa shape index (κ3) is 4.57. The molecule has 9 aromatic carbocycles. The van der Waals surface area contributed by atoms with Gasteiger partial charge in [0.1, 0.15) is 11.2 Å². The molecule has 0 amide bonds. The highest BCUT2D eigenvalue weighted by Gasteiger charge is 2.19. The Balaban J connectivity index is 1.17. The van der Waals surface area contributed by atoms with E-state index in [1.54, 1.807) is 0 Å². The van der Waals surface area contributed by atoms with E-state index in [9.17, 15) is 0 Å². The molecule has 1 heterocycles. The average Bonchev–Trinajstić information content (AvgIpc) is 3.56. The van der Waals surface area contributed by atoms with Crippen LogP contribution in [0.5, 0.6) is 0 Å². The summed E-state index contributed by atoms with van der Waals surface area (Å²) in [5.41, 5.74) is 9.95. The van der Waals surface area contributed by atoms with Crippen molar-refractivity contribution >= 4 is 71.3 Å². The van der Waals surface area contributed by atoms with Crippen LogP contribution in [-0.2, 0) is 0 Å². The Labute approximate surface area is 290 Å². The highest BCUT2D eigenvalue weighted by atomic mass is 16.3. The molecule has 0 saturated carbocycles. The zero-order valence-corrected chi connectivity index (χ0v) is 27.3. The van der Waals surface area contributed by atoms with Gasteiger partial charge in [0, 0.05) is 27.5 Å². The Morgan fingerprint density at radius 1 is 0.320 bits per heavy atom. The number of hydrogen-bond acceptors (Lipinski definition) is 2. The summed E-state index contributed by atoms with van der Waals surface area (Å²) in [6, 6.07) is 67.6. The fraction of sp³-hybridized carbons (Fsp3) is 0. The first kappa shape index (κ1) is 28.4. The molecule has 0 N–H and O–H groups in total. The molecule has 0 aliphatic rings. The van der Waals surface area contributed by atoms with Crippen LogP contribution in [0, 0.1) is 0 Å². The van der Waals surface area contributed by atoms with E-state index < -0.39 is 0 Å². The second-order valence-electron chi connectivity index (χ2n) is 12.9. The van der Waals surface area contributed by atoms with Gasteiger partial charge in [-0.05, 0) is 91.6 Å². The predicted molar refractivity (Wildman–Crippen MR) is 212 cm³/mol. The summed E-state index contributed by atoms with van der Waals surface area (Å²) in [7, 11) is 0. The molecule has 0 fully saturated rings. The average molecular weight is 638 g/mol. The van der Waals surface area contributed by atoms with Gasteiger partial charge in [0.15, 0.2) is 0 Å². The van der Waals surface area contributed by atoms with Gasteiger partial charge >= 0.3 is 0 Å². The highest BCUT2D eigenvalue weighted by molar-refractivity contribution is 6.15. The molecule has 10 rings (SSSR count). The van der Waals surface area contributed by atoms with Crippen LogP contribution in [0.3, 0.4) is 0 Å². The summed E-state index contributed by atoms with van der Waals surface area (Å²) >= 11 is 0. The number of furan rings is 1. The number of para-hydroxylation sites is 1. The Kier molecular flexibility index (Phi) is 6.53. The van der Waals surface area contributed by atoms with Gasteiger partial charge in [0.05, 0.1) is 5.69 Å². The second-order valence-corrected chi connectivity index (χ2v) is 12.9. The van der Waals surface area contributed by atoms with E-state index in [0.29, 0.717) is 0 Å². The van der Waals surface area contributed by atoms with Crippen LogP contribution < -0.4 is 4.90 Å². The minimum Gasteiger partial charge on any atom is -0.456 e. The third-order valence-electron chi connectivity index (χ3n) is 10.0. The number of fused-ring (bicyclic) bond motifs is 7. The normalized spacial score (nSPS) is 11.6. The van der Waals surface area contributed by atoms with Crippen molar-refractivity contribution in [1.82, 2.24) is 0 Å². The van der Waals surface area contributed by atoms with Gasteiger partial charge in [-0.2, -0.15) is 0 Å². The maximum atomic E-state index is 6.25. The Morgan fingerprint density at radius 2 is 0.900 bits per heavy atom. The number of hydrogen-bond donors (Lipinski definition) is 0. The first-order valence-electron chi connectivity index (χ1n) is 17.1. The van der Waals surface area contributed by atoms with E-state index in [1.807, 2.05) is 12.1 Å². The van der Waals surface area contributed by atoms with E-state index >= 15 is 0 Å². The molecule has 0 unspecified atom stereocenters. The summed E-state index contributed by atoms with van der Waals surface area (Å²) in [5.74, 6) is 0. The molecule has 234 valence electrons. The molecule has 0 saturated heterocycles. The van der Waals surface area contributed by atoms with E-state index in [4.69, 9.17) is 4.42 Å². The largest absolute Gasteiger partial charge is 0.456 e. The standard InChI is InChI=1S/C48H31NO/c1-3-15-37-32(12-1)14-11-22-41(37)40-18-6-5-16-38(40)33-24-26-35(27-25-33)49(36-28-29-48-45(31-36)44-21-9-10-23-47(44)50-48)46-30-34-13-2-4-17-39(34)42-19-7-8-20-43(42)46/h1-31H. The van der Waals surface area contributed by atoms with Gasteiger partial charge in [-0.1, -0.05) is 146 Å². The SMILES string of the molecule is c1ccc(-c2cccc3ccccc23)c(-c2ccc(N(c3ccc4oc5ccccc5c4c3)c3cc4ccccc4c4ccccc34)cc2)c1. The molecule has 0 bridgehead atoms. The summed E-state index contributed by atoms with van der Waals surface area (Å²) in [5, 5.41) is 9.63. The van der Waals surface area contributed by atoms with Crippen LogP contribution in [0.4, 0.5) is 17.1 Å². The Hall–Kier alpha value is -6.64. The first-order chi connectivity index (χ1) is 24.8. The van der Waals surface area contributed by atoms with Crippen molar-refractivity contribution in [2.24, 2.45) is 0 Å². The van der Waals surface area contributed by atoms with Crippen molar-refractivity contribution in [2.75, 3.05) is 4.90 Å². The molecule has 1 aromatic heterocycles. The molecule has 0 aliphatic heterocycles. The van der Waals surface area contributed by atoms with Crippen molar-refractivity contribution in [1.29, 1.82) is 0 Å². The summed E-state index contributed by atoms with van der Waals surface area (Å²) in [6.45, 7) is 0. The topological polar surface area (TPSA) is 16.4 Å². The molecule has 2 heteroatoms. The molecule has 0 spiro atoms. The lowest BCUT2D eigenvalue weighted by molar-refractivity contribution is 0.669.